The second-order valence-electron chi connectivity index (χ2n) is 5.25. The van der Waals surface area contributed by atoms with Gasteiger partial charge in [-0.05, 0) is 44.5 Å². The third kappa shape index (κ3) is 4.56. The van der Waals surface area contributed by atoms with Crippen molar-refractivity contribution < 1.29 is 9.53 Å². The highest BCUT2D eigenvalue weighted by Crippen LogP contribution is 2.15. The van der Waals surface area contributed by atoms with Crippen LogP contribution in [0, 0.1) is 0 Å². The Morgan fingerprint density at radius 3 is 3.05 bits per heavy atom. The van der Waals surface area contributed by atoms with E-state index in [4.69, 9.17) is 4.74 Å². The summed E-state index contributed by atoms with van der Waals surface area (Å²) in [7, 11) is 0. The molecule has 0 radical (unpaired) electrons. The molecule has 1 aliphatic rings. The maximum atomic E-state index is 11.9. The van der Waals surface area contributed by atoms with Crippen LogP contribution in [-0.4, -0.2) is 31.1 Å². The number of nitrogens with one attached hydrogen (secondary N) is 2. The first-order chi connectivity index (χ1) is 9.13. The molecule has 0 aliphatic carbocycles. The van der Waals surface area contributed by atoms with Gasteiger partial charge in [0.15, 0.2) is 0 Å². The Labute approximate surface area is 114 Å². The van der Waals surface area contributed by atoms with Crippen LogP contribution >= 0.6 is 0 Å². The van der Waals surface area contributed by atoms with Gasteiger partial charge in [-0.15, -0.1) is 0 Å². The van der Waals surface area contributed by atoms with E-state index in [-0.39, 0.29) is 18.1 Å². The molecule has 1 unspecified atom stereocenters. The van der Waals surface area contributed by atoms with Crippen LogP contribution in [0.1, 0.15) is 25.8 Å². The molecular weight excluding hydrogens is 240 g/mol. The van der Waals surface area contributed by atoms with Gasteiger partial charge in [-0.3, -0.25) is 4.79 Å². The molecule has 1 aliphatic heterocycles. The summed E-state index contributed by atoms with van der Waals surface area (Å²) in [5.41, 5.74) is 0.988. The predicted octanol–water partition coefficient (Wildman–Crippen LogP) is 1.49. The molecule has 1 saturated heterocycles. The van der Waals surface area contributed by atoms with Crippen molar-refractivity contribution in [1.29, 1.82) is 0 Å². The van der Waals surface area contributed by atoms with Crippen LogP contribution in [0.4, 0.5) is 0 Å². The van der Waals surface area contributed by atoms with E-state index in [0.29, 0.717) is 6.42 Å². The van der Waals surface area contributed by atoms with Gasteiger partial charge < -0.3 is 15.4 Å². The van der Waals surface area contributed by atoms with Gasteiger partial charge in [-0.25, -0.2) is 0 Å². The topological polar surface area (TPSA) is 50.4 Å². The van der Waals surface area contributed by atoms with E-state index in [1.807, 2.05) is 38.1 Å². The van der Waals surface area contributed by atoms with Crippen LogP contribution in [0.25, 0.3) is 0 Å². The van der Waals surface area contributed by atoms with Gasteiger partial charge in [-0.2, -0.15) is 0 Å². The highest BCUT2D eigenvalue weighted by atomic mass is 16.5. The summed E-state index contributed by atoms with van der Waals surface area (Å²) in [6.45, 7) is 5.85. The largest absolute Gasteiger partial charge is 0.491 e. The van der Waals surface area contributed by atoms with Gasteiger partial charge in [0.05, 0.1) is 12.5 Å². The Kier molecular flexibility index (Phi) is 4.80. The normalized spacial score (nSPS) is 18.6. The molecule has 104 valence electrons. The maximum Gasteiger partial charge on any atom is 0.224 e. The molecule has 0 aromatic heterocycles. The SMILES string of the molecule is CC(C)Oc1cccc(CC(=O)NC2CCNC2)c1. The van der Waals surface area contributed by atoms with Gasteiger partial charge in [0, 0.05) is 12.6 Å². The van der Waals surface area contributed by atoms with Crippen LogP contribution < -0.4 is 15.4 Å². The summed E-state index contributed by atoms with van der Waals surface area (Å²) in [6.07, 6.45) is 1.57. The molecule has 2 rings (SSSR count). The third-order valence-corrected chi connectivity index (χ3v) is 3.06. The average molecular weight is 262 g/mol. The minimum absolute atomic E-state index is 0.0791. The standard InChI is InChI=1S/C15H22N2O2/c1-11(2)19-14-5-3-4-12(8-14)9-15(18)17-13-6-7-16-10-13/h3-5,8,11,13,16H,6-7,9-10H2,1-2H3,(H,17,18). The molecule has 1 amide bonds. The van der Waals surface area contributed by atoms with Gasteiger partial charge in [-0.1, -0.05) is 12.1 Å². The molecule has 4 nitrogen and oxygen atoms in total. The number of ether oxygens (including phenoxy) is 1. The summed E-state index contributed by atoms with van der Waals surface area (Å²) in [4.78, 5) is 11.9. The maximum absolute atomic E-state index is 11.9. The summed E-state index contributed by atoms with van der Waals surface area (Å²) < 4.78 is 5.63. The number of rotatable bonds is 5. The zero-order valence-corrected chi connectivity index (χ0v) is 11.6. The minimum atomic E-state index is 0.0791. The van der Waals surface area contributed by atoms with E-state index in [1.54, 1.807) is 0 Å². The summed E-state index contributed by atoms with van der Waals surface area (Å²) in [6, 6.07) is 8.02. The molecule has 1 aromatic rings. The lowest BCUT2D eigenvalue weighted by Gasteiger charge is -2.13. The molecule has 1 atom stereocenters. The van der Waals surface area contributed by atoms with Crippen molar-refractivity contribution in [2.24, 2.45) is 0 Å². The lowest BCUT2D eigenvalue weighted by Crippen LogP contribution is -2.37. The molecule has 0 saturated carbocycles. The van der Waals surface area contributed by atoms with Gasteiger partial charge in [0.1, 0.15) is 5.75 Å². The Hall–Kier alpha value is -1.55. The Bertz CT molecular complexity index is 426. The molecule has 2 N–H and O–H groups in total. The van der Waals surface area contributed by atoms with Crippen molar-refractivity contribution in [1.82, 2.24) is 10.6 Å². The minimum Gasteiger partial charge on any atom is -0.491 e. The molecule has 4 heteroatoms. The van der Waals surface area contributed by atoms with Gasteiger partial charge in [0.2, 0.25) is 5.91 Å². The number of carbonyl (C=O) groups excluding carboxylic acids is 1. The molecule has 1 heterocycles. The van der Waals surface area contributed by atoms with Crippen molar-refractivity contribution in [3.63, 3.8) is 0 Å². The van der Waals surface area contributed by atoms with Crippen molar-refractivity contribution in [3.8, 4) is 5.75 Å². The first-order valence-electron chi connectivity index (χ1n) is 6.89. The molecule has 1 aromatic carbocycles. The van der Waals surface area contributed by atoms with Gasteiger partial charge >= 0.3 is 0 Å². The number of hydrogen-bond donors (Lipinski definition) is 2. The molecule has 0 spiro atoms. The van der Waals surface area contributed by atoms with E-state index < -0.39 is 0 Å². The second-order valence-corrected chi connectivity index (χ2v) is 5.25. The summed E-state index contributed by atoms with van der Waals surface area (Å²) >= 11 is 0. The molecule has 0 bridgehead atoms. The first kappa shape index (κ1) is 13.9. The highest BCUT2D eigenvalue weighted by Gasteiger charge is 2.16. The van der Waals surface area contributed by atoms with Crippen molar-refractivity contribution in [2.45, 2.75) is 38.8 Å². The Morgan fingerprint density at radius 2 is 2.37 bits per heavy atom. The zero-order chi connectivity index (χ0) is 13.7. The fourth-order valence-electron chi connectivity index (χ4n) is 2.24. The second kappa shape index (κ2) is 6.57. The highest BCUT2D eigenvalue weighted by molar-refractivity contribution is 5.79. The molecular formula is C15H22N2O2. The van der Waals surface area contributed by atoms with Crippen molar-refractivity contribution >= 4 is 5.91 Å². The smallest absolute Gasteiger partial charge is 0.224 e. The van der Waals surface area contributed by atoms with Crippen LogP contribution in [0.3, 0.4) is 0 Å². The van der Waals surface area contributed by atoms with Crippen LogP contribution in [0.15, 0.2) is 24.3 Å². The van der Waals surface area contributed by atoms with Crippen LogP contribution in [-0.2, 0) is 11.2 Å². The van der Waals surface area contributed by atoms with E-state index in [0.717, 1.165) is 30.8 Å². The number of amides is 1. The quantitative estimate of drug-likeness (QED) is 0.845. The fourth-order valence-corrected chi connectivity index (χ4v) is 2.24. The molecule has 1 fully saturated rings. The first-order valence-corrected chi connectivity index (χ1v) is 6.89. The fraction of sp³-hybridized carbons (Fsp3) is 0.533. The van der Waals surface area contributed by atoms with Crippen LogP contribution in [0.2, 0.25) is 0 Å². The number of benzene rings is 1. The summed E-state index contributed by atoms with van der Waals surface area (Å²) in [5, 5.41) is 6.28. The average Bonchev–Trinajstić information content (AvgIpc) is 2.81. The summed E-state index contributed by atoms with van der Waals surface area (Å²) in [5.74, 6) is 0.901. The lowest BCUT2D eigenvalue weighted by molar-refractivity contribution is -0.121. The number of carbonyl (C=O) groups is 1. The van der Waals surface area contributed by atoms with E-state index in [1.165, 1.54) is 0 Å². The zero-order valence-electron chi connectivity index (χ0n) is 11.6. The monoisotopic (exact) mass is 262 g/mol. The Morgan fingerprint density at radius 1 is 1.53 bits per heavy atom. The number of hydrogen-bond acceptors (Lipinski definition) is 3. The third-order valence-electron chi connectivity index (χ3n) is 3.06. The Balaban J connectivity index is 1.88. The van der Waals surface area contributed by atoms with Crippen LogP contribution in [0.5, 0.6) is 5.75 Å². The van der Waals surface area contributed by atoms with Crippen molar-refractivity contribution in [3.05, 3.63) is 29.8 Å². The molecule has 19 heavy (non-hydrogen) atoms. The van der Waals surface area contributed by atoms with E-state index in [2.05, 4.69) is 10.6 Å². The van der Waals surface area contributed by atoms with Crippen molar-refractivity contribution in [2.75, 3.05) is 13.1 Å². The lowest BCUT2D eigenvalue weighted by atomic mass is 10.1. The predicted molar refractivity (Wildman–Crippen MR) is 75.3 cm³/mol. The van der Waals surface area contributed by atoms with Gasteiger partial charge in [0.25, 0.3) is 0 Å². The van der Waals surface area contributed by atoms with E-state index in [9.17, 15) is 4.79 Å². The van der Waals surface area contributed by atoms with E-state index >= 15 is 0 Å².